The SMILES string of the molecule is Cc1cc(C)c(C)c(S(=O)(=O)N2CCN(C(=O)c3ccc4c(c3)OCCCO4)CC2)c1C. The number of nitrogens with zero attached hydrogens (tertiary/aromatic N) is 2. The Kier molecular flexibility index (Phi) is 6.18. The van der Waals surface area contributed by atoms with Gasteiger partial charge in [0.15, 0.2) is 11.5 Å². The van der Waals surface area contributed by atoms with Gasteiger partial charge in [0.1, 0.15) is 0 Å². The molecule has 2 aliphatic rings. The molecule has 7 nitrogen and oxygen atoms in total. The average molecular weight is 459 g/mol. The van der Waals surface area contributed by atoms with E-state index in [0.29, 0.717) is 48.3 Å². The van der Waals surface area contributed by atoms with Gasteiger partial charge in [-0.3, -0.25) is 4.79 Å². The van der Waals surface area contributed by atoms with Crippen molar-refractivity contribution >= 4 is 15.9 Å². The smallest absolute Gasteiger partial charge is 0.254 e. The average Bonchev–Trinajstić information content (AvgIpc) is 3.02. The number of ether oxygens (including phenoxy) is 2. The van der Waals surface area contributed by atoms with E-state index in [4.69, 9.17) is 9.47 Å². The molecule has 2 aliphatic heterocycles. The van der Waals surface area contributed by atoms with Crippen molar-refractivity contribution in [3.63, 3.8) is 0 Å². The van der Waals surface area contributed by atoms with Crippen LogP contribution in [0.1, 0.15) is 39.0 Å². The lowest BCUT2D eigenvalue weighted by atomic mass is 10.0. The number of carbonyl (C=O) groups excluding carboxylic acids is 1. The quantitative estimate of drug-likeness (QED) is 0.706. The Hall–Kier alpha value is -2.58. The van der Waals surface area contributed by atoms with E-state index in [1.165, 1.54) is 4.31 Å². The van der Waals surface area contributed by atoms with Crippen LogP contribution in [0.25, 0.3) is 0 Å². The second kappa shape index (κ2) is 8.75. The van der Waals surface area contributed by atoms with Crippen molar-refractivity contribution in [1.82, 2.24) is 9.21 Å². The van der Waals surface area contributed by atoms with Crippen molar-refractivity contribution in [3.05, 3.63) is 52.1 Å². The van der Waals surface area contributed by atoms with Crippen LogP contribution in [-0.2, 0) is 10.0 Å². The van der Waals surface area contributed by atoms with Crippen LogP contribution in [-0.4, -0.2) is 62.9 Å². The Morgan fingerprint density at radius 3 is 2.06 bits per heavy atom. The van der Waals surface area contributed by atoms with Crippen molar-refractivity contribution in [3.8, 4) is 11.5 Å². The summed E-state index contributed by atoms with van der Waals surface area (Å²) in [5.41, 5.74) is 4.04. The number of hydrogen-bond acceptors (Lipinski definition) is 5. The molecular formula is C24H30N2O5S. The lowest BCUT2D eigenvalue weighted by Crippen LogP contribution is -2.50. The highest BCUT2D eigenvalue weighted by Gasteiger charge is 2.33. The first-order chi connectivity index (χ1) is 15.2. The highest BCUT2D eigenvalue weighted by Crippen LogP contribution is 2.32. The highest BCUT2D eigenvalue weighted by molar-refractivity contribution is 7.89. The fourth-order valence-electron chi connectivity index (χ4n) is 4.31. The van der Waals surface area contributed by atoms with E-state index in [9.17, 15) is 13.2 Å². The minimum atomic E-state index is -3.64. The maximum atomic E-state index is 13.5. The standard InChI is InChI=1S/C24H30N2O5S/c1-16-14-17(2)19(4)23(18(16)3)32(28,29)26-10-8-25(9-11-26)24(27)20-6-7-21-22(15-20)31-13-5-12-30-21/h6-7,14-15H,5,8-13H2,1-4H3. The Morgan fingerprint density at radius 2 is 1.44 bits per heavy atom. The molecular weight excluding hydrogens is 428 g/mol. The molecule has 0 saturated carbocycles. The summed E-state index contributed by atoms with van der Waals surface area (Å²) in [4.78, 5) is 15.2. The molecule has 0 spiro atoms. The summed E-state index contributed by atoms with van der Waals surface area (Å²) in [7, 11) is -3.64. The number of benzene rings is 2. The maximum Gasteiger partial charge on any atom is 0.254 e. The number of piperazine rings is 1. The molecule has 1 saturated heterocycles. The first-order valence-corrected chi connectivity index (χ1v) is 12.4. The van der Waals surface area contributed by atoms with Gasteiger partial charge in [0.2, 0.25) is 10.0 Å². The van der Waals surface area contributed by atoms with Gasteiger partial charge in [-0.05, 0) is 68.1 Å². The van der Waals surface area contributed by atoms with E-state index in [1.807, 2.05) is 33.8 Å². The van der Waals surface area contributed by atoms with Crippen LogP contribution in [0.4, 0.5) is 0 Å². The van der Waals surface area contributed by atoms with Gasteiger partial charge in [0.05, 0.1) is 18.1 Å². The van der Waals surface area contributed by atoms with Gasteiger partial charge in [-0.2, -0.15) is 4.31 Å². The van der Waals surface area contributed by atoms with Crippen LogP contribution in [0.3, 0.4) is 0 Å². The van der Waals surface area contributed by atoms with Crippen LogP contribution in [0.5, 0.6) is 11.5 Å². The van der Waals surface area contributed by atoms with Gasteiger partial charge in [-0.25, -0.2) is 8.42 Å². The zero-order chi connectivity index (χ0) is 23.0. The number of rotatable bonds is 3. The van der Waals surface area contributed by atoms with E-state index in [0.717, 1.165) is 28.7 Å². The van der Waals surface area contributed by atoms with Gasteiger partial charge in [-0.15, -0.1) is 0 Å². The topological polar surface area (TPSA) is 76.2 Å². The number of aryl methyl sites for hydroxylation is 2. The number of hydrogen-bond donors (Lipinski definition) is 0. The second-order valence-corrected chi connectivity index (χ2v) is 10.4. The van der Waals surface area contributed by atoms with E-state index in [-0.39, 0.29) is 19.0 Å². The highest BCUT2D eigenvalue weighted by atomic mass is 32.2. The van der Waals surface area contributed by atoms with Crippen molar-refractivity contribution < 1.29 is 22.7 Å². The lowest BCUT2D eigenvalue weighted by molar-refractivity contribution is 0.0697. The molecule has 0 aliphatic carbocycles. The molecule has 0 unspecified atom stereocenters. The number of amides is 1. The first kappa shape index (κ1) is 22.6. The summed E-state index contributed by atoms with van der Waals surface area (Å²) >= 11 is 0. The van der Waals surface area contributed by atoms with Crippen molar-refractivity contribution in [2.75, 3.05) is 39.4 Å². The van der Waals surface area contributed by atoms with Crippen LogP contribution in [0.2, 0.25) is 0 Å². The van der Waals surface area contributed by atoms with E-state index >= 15 is 0 Å². The molecule has 0 bridgehead atoms. The molecule has 2 aromatic carbocycles. The monoisotopic (exact) mass is 458 g/mol. The largest absolute Gasteiger partial charge is 0.490 e. The normalized spacial score (nSPS) is 17.2. The fourth-order valence-corrected chi connectivity index (χ4v) is 6.31. The summed E-state index contributed by atoms with van der Waals surface area (Å²) in [5.74, 6) is 1.10. The Balaban J connectivity index is 1.50. The molecule has 1 fully saturated rings. The predicted molar refractivity (Wildman–Crippen MR) is 122 cm³/mol. The summed E-state index contributed by atoms with van der Waals surface area (Å²) in [6.45, 7) is 9.96. The number of fused-ring (bicyclic) bond motifs is 1. The summed E-state index contributed by atoms with van der Waals surface area (Å²) < 4.78 is 39.8. The van der Waals surface area contributed by atoms with Gasteiger partial charge in [0, 0.05) is 38.2 Å². The Morgan fingerprint density at radius 1 is 0.844 bits per heavy atom. The number of sulfonamides is 1. The van der Waals surface area contributed by atoms with Gasteiger partial charge < -0.3 is 14.4 Å². The number of carbonyl (C=O) groups is 1. The summed E-state index contributed by atoms with van der Waals surface area (Å²) in [6, 6.07) is 7.24. The zero-order valence-electron chi connectivity index (χ0n) is 19.1. The minimum Gasteiger partial charge on any atom is -0.490 e. The van der Waals surface area contributed by atoms with Crippen molar-refractivity contribution in [2.45, 2.75) is 39.0 Å². The molecule has 0 N–H and O–H groups in total. The molecule has 2 heterocycles. The van der Waals surface area contributed by atoms with E-state index < -0.39 is 10.0 Å². The van der Waals surface area contributed by atoms with E-state index in [1.54, 1.807) is 23.1 Å². The molecule has 0 aromatic heterocycles. The molecule has 0 atom stereocenters. The molecule has 4 rings (SSSR count). The second-order valence-electron chi connectivity index (χ2n) is 8.50. The van der Waals surface area contributed by atoms with Crippen LogP contribution >= 0.6 is 0 Å². The van der Waals surface area contributed by atoms with Crippen molar-refractivity contribution in [2.24, 2.45) is 0 Å². The molecule has 0 radical (unpaired) electrons. The predicted octanol–water partition coefficient (Wildman–Crippen LogP) is 3.23. The zero-order valence-corrected chi connectivity index (χ0v) is 19.9. The van der Waals surface area contributed by atoms with Gasteiger partial charge >= 0.3 is 0 Å². The fraction of sp³-hybridized carbons (Fsp3) is 0.458. The van der Waals surface area contributed by atoms with Gasteiger partial charge in [0.25, 0.3) is 5.91 Å². The molecule has 172 valence electrons. The van der Waals surface area contributed by atoms with Crippen LogP contribution < -0.4 is 9.47 Å². The summed E-state index contributed by atoms with van der Waals surface area (Å²) in [6.07, 6.45) is 0.799. The van der Waals surface area contributed by atoms with Crippen LogP contribution in [0.15, 0.2) is 29.2 Å². The van der Waals surface area contributed by atoms with Crippen LogP contribution in [0, 0.1) is 27.7 Å². The van der Waals surface area contributed by atoms with Gasteiger partial charge in [-0.1, -0.05) is 6.07 Å². The molecule has 32 heavy (non-hydrogen) atoms. The lowest BCUT2D eigenvalue weighted by Gasteiger charge is -2.35. The maximum absolute atomic E-state index is 13.5. The van der Waals surface area contributed by atoms with E-state index in [2.05, 4.69) is 0 Å². The Labute approximate surface area is 190 Å². The molecule has 2 aromatic rings. The Bertz CT molecular complexity index is 1130. The minimum absolute atomic E-state index is 0.128. The van der Waals surface area contributed by atoms with Crippen molar-refractivity contribution in [1.29, 1.82) is 0 Å². The third-order valence-electron chi connectivity index (χ3n) is 6.42. The third kappa shape index (κ3) is 4.09. The molecule has 1 amide bonds. The summed E-state index contributed by atoms with van der Waals surface area (Å²) in [5, 5.41) is 0. The molecule has 8 heteroatoms. The first-order valence-electron chi connectivity index (χ1n) is 11.0. The third-order valence-corrected chi connectivity index (χ3v) is 8.59.